The number of fused-ring (bicyclic) bond motifs is 1. The van der Waals surface area contributed by atoms with E-state index in [4.69, 9.17) is 12.2 Å². The van der Waals surface area contributed by atoms with E-state index in [9.17, 15) is 0 Å². The number of aryl methyl sites for hydroxylation is 1. The van der Waals surface area contributed by atoms with Gasteiger partial charge in [-0.1, -0.05) is 36.3 Å². The third-order valence-electron chi connectivity index (χ3n) is 3.59. The van der Waals surface area contributed by atoms with Crippen molar-refractivity contribution in [1.82, 2.24) is 19.5 Å². The van der Waals surface area contributed by atoms with Gasteiger partial charge in [0, 0.05) is 6.54 Å². The molecule has 0 fully saturated rings. The van der Waals surface area contributed by atoms with E-state index in [-0.39, 0.29) is 0 Å². The monoisotopic (exact) mass is 384 g/mol. The maximum absolute atomic E-state index is 5.99. The van der Waals surface area contributed by atoms with Crippen LogP contribution in [0.15, 0.2) is 35.1 Å². The molecule has 0 radical (unpaired) electrons. The average molecular weight is 385 g/mol. The summed E-state index contributed by atoms with van der Waals surface area (Å²) in [5.74, 6) is 3.40. The molecule has 2 aromatic heterocycles. The van der Waals surface area contributed by atoms with Crippen LogP contribution in [-0.2, 0) is 13.0 Å². The molecule has 0 aliphatic heterocycles. The number of rotatable bonds is 6. The van der Waals surface area contributed by atoms with Crippen molar-refractivity contribution in [3.63, 3.8) is 0 Å². The number of anilines is 2. The first-order chi connectivity index (χ1) is 11.7. The molecule has 0 spiro atoms. The molecule has 0 amide bonds. The molecule has 0 saturated heterocycles. The van der Waals surface area contributed by atoms with E-state index in [0.717, 1.165) is 19.4 Å². The van der Waals surface area contributed by atoms with E-state index >= 15 is 0 Å². The van der Waals surface area contributed by atoms with Gasteiger partial charge in [-0.3, -0.25) is 4.57 Å². The Morgan fingerprint density at radius 1 is 1.21 bits per heavy atom. The molecule has 2 heterocycles. The lowest BCUT2D eigenvalue weighted by molar-refractivity contribution is 0.826. The fraction of sp³-hybridized carbons (Fsp3) is 0.235. The van der Waals surface area contributed by atoms with Crippen molar-refractivity contribution < 1.29 is 0 Å². The van der Waals surface area contributed by atoms with E-state index < -0.39 is 0 Å². The molecular formula is C17H17BrN6. The molecule has 0 bridgehead atoms. The van der Waals surface area contributed by atoms with Crippen LogP contribution in [0, 0.1) is 12.3 Å². The Balaban J connectivity index is 1.71. The molecule has 3 aromatic rings. The van der Waals surface area contributed by atoms with E-state index in [1.165, 1.54) is 5.56 Å². The minimum Gasteiger partial charge on any atom is -0.382 e. The predicted octanol–water partition coefficient (Wildman–Crippen LogP) is 2.85. The third-order valence-corrected chi connectivity index (χ3v) is 4.20. The Kier molecular flexibility index (Phi) is 4.96. The molecule has 24 heavy (non-hydrogen) atoms. The van der Waals surface area contributed by atoms with Crippen molar-refractivity contribution in [1.29, 1.82) is 0 Å². The number of nitrogens with one attached hydrogen (secondary N) is 1. The Morgan fingerprint density at radius 3 is 2.75 bits per heavy atom. The average Bonchev–Trinajstić information content (AvgIpc) is 2.90. The molecule has 3 N–H and O–H groups in total. The fourth-order valence-corrected chi connectivity index (χ4v) is 2.91. The number of aromatic nitrogens is 4. The number of halogens is 1. The van der Waals surface area contributed by atoms with Crippen LogP contribution < -0.4 is 11.1 Å². The van der Waals surface area contributed by atoms with Crippen molar-refractivity contribution in [2.24, 2.45) is 0 Å². The van der Waals surface area contributed by atoms with Crippen molar-refractivity contribution in [2.45, 2.75) is 19.4 Å². The zero-order valence-corrected chi connectivity index (χ0v) is 14.6. The number of nitrogen functional groups attached to an aromatic ring is 1. The van der Waals surface area contributed by atoms with Gasteiger partial charge in [0.1, 0.15) is 0 Å². The summed E-state index contributed by atoms with van der Waals surface area (Å²) >= 11 is 3.37. The van der Waals surface area contributed by atoms with Gasteiger partial charge in [-0.15, -0.1) is 6.42 Å². The van der Waals surface area contributed by atoms with E-state index in [2.05, 4.69) is 54.3 Å². The van der Waals surface area contributed by atoms with Crippen LogP contribution >= 0.6 is 15.9 Å². The van der Waals surface area contributed by atoms with Crippen LogP contribution in [0.5, 0.6) is 0 Å². The van der Waals surface area contributed by atoms with Crippen LogP contribution in [0.4, 0.5) is 11.8 Å². The molecule has 0 aliphatic rings. The topological polar surface area (TPSA) is 81.7 Å². The van der Waals surface area contributed by atoms with Crippen LogP contribution in [0.25, 0.3) is 11.2 Å². The number of hydrogen-bond donors (Lipinski definition) is 2. The summed E-state index contributed by atoms with van der Waals surface area (Å²) in [6.07, 6.45) is 7.36. The highest BCUT2D eigenvalue weighted by atomic mass is 79.9. The molecule has 7 heteroatoms. The SMILES string of the molecule is C#CCn1c(Br)nc2c(N)nc(NCCCc3ccccc3)nc21. The number of hydrogen-bond acceptors (Lipinski definition) is 5. The van der Waals surface area contributed by atoms with Crippen LogP contribution in [0.3, 0.4) is 0 Å². The highest BCUT2D eigenvalue weighted by Gasteiger charge is 2.14. The van der Waals surface area contributed by atoms with Gasteiger partial charge >= 0.3 is 0 Å². The maximum atomic E-state index is 5.99. The Morgan fingerprint density at radius 2 is 2.00 bits per heavy atom. The maximum Gasteiger partial charge on any atom is 0.226 e. The van der Waals surface area contributed by atoms with Gasteiger partial charge in [0.2, 0.25) is 5.95 Å². The van der Waals surface area contributed by atoms with Crippen molar-refractivity contribution in [3.8, 4) is 12.3 Å². The predicted molar refractivity (Wildman–Crippen MR) is 99.5 cm³/mol. The Hall–Kier alpha value is -2.59. The second-order valence-electron chi connectivity index (χ2n) is 5.29. The fourth-order valence-electron chi connectivity index (χ4n) is 2.44. The lowest BCUT2D eigenvalue weighted by Gasteiger charge is -2.07. The largest absolute Gasteiger partial charge is 0.382 e. The molecule has 1 aromatic carbocycles. The molecule has 0 saturated carbocycles. The van der Waals surface area contributed by atoms with Gasteiger partial charge in [0.15, 0.2) is 21.7 Å². The second kappa shape index (κ2) is 7.32. The summed E-state index contributed by atoms with van der Waals surface area (Å²) in [6, 6.07) is 10.4. The molecular weight excluding hydrogens is 368 g/mol. The molecule has 0 atom stereocenters. The van der Waals surface area contributed by atoms with Crippen LogP contribution in [0.2, 0.25) is 0 Å². The molecule has 122 valence electrons. The van der Waals surface area contributed by atoms with Crippen molar-refractivity contribution in [3.05, 3.63) is 40.6 Å². The Labute approximate surface area is 148 Å². The van der Waals surface area contributed by atoms with E-state index in [1.54, 1.807) is 4.57 Å². The summed E-state index contributed by atoms with van der Waals surface area (Å²) in [7, 11) is 0. The van der Waals surface area contributed by atoms with Crippen molar-refractivity contribution in [2.75, 3.05) is 17.6 Å². The van der Waals surface area contributed by atoms with Gasteiger partial charge in [-0.05, 0) is 34.3 Å². The molecule has 3 rings (SSSR count). The molecule has 0 unspecified atom stereocenters. The normalized spacial score (nSPS) is 10.7. The second-order valence-corrected chi connectivity index (χ2v) is 6.00. The van der Waals surface area contributed by atoms with Crippen LogP contribution in [-0.4, -0.2) is 26.1 Å². The summed E-state index contributed by atoms with van der Waals surface area (Å²) in [5.41, 5.74) is 8.47. The standard InChI is InChI=1S/C17H17BrN6/c1-2-11-24-15-13(21-16(24)18)14(19)22-17(23-15)20-10-6-9-12-7-4-3-5-8-12/h1,3-5,7-8H,6,9-11H2,(H3,19,20,22,23). The van der Waals surface area contributed by atoms with Gasteiger partial charge in [-0.25, -0.2) is 4.98 Å². The van der Waals surface area contributed by atoms with Gasteiger partial charge in [0.25, 0.3) is 0 Å². The number of benzene rings is 1. The van der Waals surface area contributed by atoms with Gasteiger partial charge in [0.05, 0.1) is 6.54 Å². The Bertz CT molecular complexity index is 881. The summed E-state index contributed by atoms with van der Waals surface area (Å²) in [4.78, 5) is 13.1. The minimum atomic E-state index is 0.335. The number of terminal acetylenes is 1. The van der Waals surface area contributed by atoms with Crippen molar-refractivity contribution >= 4 is 38.9 Å². The lowest BCUT2D eigenvalue weighted by Crippen LogP contribution is -2.09. The molecule has 0 aliphatic carbocycles. The third kappa shape index (κ3) is 3.49. The highest BCUT2D eigenvalue weighted by Crippen LogP contribution is 2.23. The highest BCUT2D eigenvalue weighted by molar-refractivity contribution is 9.10. The quantitative estimate of drug-likeness (QED) is 0.388. The number of nitrogens with two attached hydrogens (primary N) is 1. The van der Waals surface area contributed by atoms with Gasteiger partial charge in [-0.2, -0.15) is 9.97 Å². The molecule has 6 nitrogen and oxygen atoms in total. The lowest BCUT2D eigenvalue weighted by atomic mass is 10.1. The zero-order valence-electron chi connectivity index (χ0n) is 13.0. The summed E-state index contributed by atoms with van der Waals surface area (Å²) in [5, 5.41) is 3.22. The van der Waals surface area contributed by atoms with Gasteiger partial charge < -0.3 is 11.1 Å². The minimum absolute atomic E-state index is 0.335. The smallest absolute Gasteiger partial charge is 0.226 e. The van der Waals surface area contributed by atoms with E-state index in [0.29, 0.717) is 34.2 Å². The number of imidazole rings is 1. The van der Waals surface area contributed by atoms with E-state index in [1.807, 2.05) is 18.2 Å². The van der Waals surface area contributed by atoms with Crippen LogP contribution in [0.1, 0.15) is 12.0 Å². The number of nitrogens with zero attached hydrogens (tertiary/aromatic N) is 4. The zero-order chi connectivity index (χ0) is 16.9. The summed E-state index contributed by atoms with van der Waals surface area (Å²) in [6.45, 7) is 1.12. The first kappa shape index (κ1) is 16.3. The first-order valence-electron chi connectivity index (χ1n) is 7.59. The summed E-state index contributed by atoms with van der Waals surface area (Å²) < 4.78 is 2.38. The first-order valence-corrected chi connectivity index (χ1v) is 8.39.